The predicted octanol–water partition coefficient (Wildman–Crippen LogP) is 22.3. The van der Waals surface area contributed by atoms with Gasteiger partial charge in [-0.3, -0.25) is 4.98 Å². The number of nitrogens with zero attached hydrogens (tertiary/aromatic N) is 11. The van der Waals surface area contributed by atoms with Gasteiger partial charge in [-0.05, 0) is 191 Å². The molecule has 4 aliphatic rings. The van der Waals surface area contributed by atoms with Gasteiger partial charge >= 0.3 is 54.5 Å². The quantitative estimate of drug-likeness (QED) is 0.118. The van der Waals surface area contributed by atoms with Crippen molar-refractivity contribution in [3.63, 3.8) is 0 Å². The summed E-state index contributed by atoms with van der Waals surface area (Å²) < 4.78 is 174. The topological polar surface area (TPSA) is 67.0 Å². The molecule has 106 heavy (non-hydrogen) atoms. The van der Waals surface area contributed by atoms with Crippen LogP contribution in [0.5, 0.6) is 0 Å². The molecule has 14 aromatic rings. The Balaban J connectivity index is 0.000000146. The number of halogens is 6. The number of benzene rings is 11. The molecular formula is C87H71F6N11Pt2. The van der Waals surface area contributed by atoms with Crippen molar-refractivity contribution in [3.8, 4) is 22.3 Å². The van der Waals surface area contributed by atoms with E-state index in [0.29, 0.717) is 45.5 Å². The van der Waals surface area contributed by atoms with Crippen LogP contribution in [-0.2, 0) is 54.5 Å². The van der Waals surface area contributed by atoms with Gasteiger partial charge in [0.05, 0.1) is 11.1 Å². The van der Waals surface area contributed by atoms with Gasteiger partial charge < -0.3 is 49.2 Å². The molecule has 0 bridgehead atoms. The Hall–Kier alpha value is -10.5. The number of aryl methyl sites for hydroxylation is 6. The summed E-state index contributed by atoms with van der Waals surface area (Å²) in [6, 6.07) is 68.8. The molecule has 0 unspecified atom stereocenters. The first-order valence-corrected chi connectivity index (χ1v) is 33.1. The number of aromatic nitrogens is 3. The standard InChI is InChI=1S/2C31H29N4.C14H6F6N.C11H7N2.2Pt/c2*1-21-14-22(2)31(23(3)15-21)24-16-25(34-19-32(4)27-10-6-8-12-29(27)34)18-26(17-24)35-20-33(5)28-11-7-9-13-30(28)35;15-13(16,17)7-1-3-11-9(5-7)10-6-8(14(18,19)20)2-4-12(10)21-11;1-2-4-10-8(3-1)9-5-6-12-7-11(9)13-10;;/h2*6-17,19-20H,1-5H3;1-6H;1-7H;;/q2*-3;2*-1;2*+4/i2*4D3,5D3;;;;. The molecule has 0 atom stereocenters. The minimum Gasteiger partial charge on any atom is -0.657 e. The molecular weight excluding hydrogens is 1700 g/mol. The predicted molar refractivity (Wildman–Crippen MR) is 412 cm³/mol. The summed E-state index contributed by atoms with van der Waals surface area (Å²) in [5, 5.41) is 2.52. The van der Waals surface area contributed by atoms with Gasteiger partial charge in [-0.25, -0.2) is 0 Å². The van der Waals surface area contributed by atoms with Gasteiger partial charge in [0.25, 0.3) is 0 Å². The van der Waals surface area contributed by atoms with Crippen LogP contribution in [0.1, 0.15) is 61.0 Å². The van der Waals surface area contributed by atoms with Gasteiger partial charge in [0, 0.05) is 74.3 Å². The molecule has 7 heterocycles. The fourth-order valence-electron chi connectivity index (χ4n) is 14.2. The third kappa shape index (κ3) is 14.2. The Labute approximate surface area is 659 Å². The molecule has 0 saturated heterocycles. The average molecular weight is 1790 g/mol. The maximum Gasteiger partial charge on any atom is 4.00 e. The molecule has 0 spiro atoms. The van der Waals surface area contributed by atoms with Gasteiger partial charge in [0.2, 0.25) is 0 Å². The molecule has 0 amide bonds. The monoisotopic (exact) mass is 1790 g/mol. The molecule has 0 radical (unpaired) electrons. The molecule has 11 nitrogen and oxygen atoms in total. The van der Waals surface area contributed by atoms with Crippen molar-refractivity contribution >= 4 is 112 Å². The Kier molecular flexibility index (Phi) is 16.6. The average Bonchev–Trinajstić information content (AvgIpc) is 1.57. The Morgan fingerprint density at radius 3 is 0.991 bits per heavy atom. The van der Waals surface area contributed by atoms with Crippen molar-refractivity contribution in [2.75, 3.05) is 67.1 Å². The molecule has 0 aliphatic carbocycles. The van der Waals surface area contributed by atoms with Crippen LogP contribution >= 0.6 is 0 Å². The fourth-order valence-corrected chi connectivity index (χ4v) is 14.2. The van der Waals surface area contributed by atoms with E-state index in [1.54, 1.807) is 63.3 Å². The number of pyridine rings is 1. The maximum absolute atomic E-state index is 12.7. The van der Waals surface area contributed by atoms with Crippen LogP contribution in [0.15, 0.2) is 225 Å². The summed E-state index contributed by atoms with van der Waals surface area (Å²) in [7, 11) is 0. The van der Waals surface area contributed by atoms with E-state index in [2.05, 4.69) is 99.0 Å². The molecule has 0 N–H and O–H groups in total. The van der Waals surface area contributed by atoms with Crippen LogP contribution < -0.4 is 49.2 Å². The van der Waals surface area contributed by atoms with E-state index in [4.69, 9.17) is 16.4 Å². The molecule has 4 aliphatic heterocycles. The van der Waals surface area contributed by atoms with E-state index in [-0.39, 0.29) is 63.9 Å². The second kappa shape index (κ2) is 29.5. The summed E-state index contributed by atoms with van der Waals surface area (Å²) in [5.41, 5.74) is 19.1. The summed E-state index contributed by atoms with van der Waals surface area (Å²) in [6.07, 6.45) is -5.51. The van der Waals surface area contributed by atoms with E-state index < -0.39 is 51.4 Å². The normalized spacial score (nSPS) is 15.7. The minimum absolute atomic E-state index is 0. The van der Waals surface area contributed by atoms with E-state index in [1.807, 2.05) is 141 Å². The first-order valence-electron chi connectivity index (χ1n) is 39.1. The van der Waals surface area contributed by atoms with Crippen molar-refractivity contribution in [2.45, 2.75) is 53.9 Å². The summed E-state index contributed by atoms with van der Waals surface area (Å²) in [4.78, 5) is 25.0. The van der Waals surface area contributed by atoms with Crippen molar-refractivity contribution in [1.29, 1.82) is 0 Å². The van der Waals surface area contributed by atoms with E-state index in [9.17, 15) is 26.3 Å². The fraction of sp³-hybridized carbons (Fsp3) is 0.138. The number of anilines is 12. The molecule has 18 rings (SSSR count). The van der Waals surface area contributed by atoms with Gasteiger partial charge in [-0.2, -0.15) is 53.0 Å². The number of hydrogen-bond donors (Lipinski definition) is 0. The third-order valence-electron chi connectivity index (χ3n) is 18.6. The van der Waals surface area contributed by atoms with Gasteiger partial charge in [0.15, 0.2) is 0 Å². The molecule has 0 saturated carbocycles. The van der Waals surface area contributed by atoms with Crippen LogP contribution in [-0.4, -0.2) is 32.9 Å². The first-order chi connectivity index (χ1) is 54.8. The van der Waals surface area contributed by atoms with Crippen molar-refractivity contribution in [2.24, 2.45) is 0 Å². The van der Waals surface area contributed by atoms with Crippen molar-refractivity contribution < 1.29 is 84.9 Å². The largest absolute Gasteiger partial charge is 4.00 e. The number of para-hydroxylation sites is 9. The molecule has 11 aromatic carbocycles. The molecule has 536 valence electrons. The Morgan fingerprint density at radius 1 is 0.349 bits per heavy atom. The van der Waals surface area contributed by atoms with Gasteiger partial charge in [-0.15, -0.1) is 92.3 Å². The van der Waals surface area contributed by atoms with Crippen LogP contribution in [0.2, 0.25) is 0 Å². The van der Waals surface area contributed by atoms with Crippen LogP contribution in [0.25, 0.3) is 65.9 Å². The second-order valence-electron chi connectivity index (χ2n) is 25.8. The molecule has 3 aromatic heterocycles. The van der Waals surface area contributed by atoms with Crippen LogP contribution in [0.4, 0.5) is 94.6 Å². The minimum atomic E-state index is -4.56. The van der Waals surface area contributed by atoms with Gasteiger partial charge in [-0.1, -0.05) is 132 Å². The van der Waals surface area contributed by atoms with Gasteiger partial charge in [0.1, 0.15) is 0 Å². The second-order valence-corrected chi connectivity index (χ2v) is 25.8. The van der Waals surface area contributed by atoms with Crippen molar-refractivity contribution in [1.82, 2.24) is 15.0 Å². The van der Waals surface area contributed by atoms with E-state index in [1.165, 1.54) is 30.4 Å². The Morgan fingerprint density at radius 2 is 0.651 bits per heavy atom. The number of rotatable bonds is 6. The van der Waals surface area contributed by atoms with Crippen LogP contribution in [0.3, 0.4) is 0 Å². The molecule has 0 fully saturated rings. The third-order valence-corrected chi connectivity index (χ3v) is 18.6. The summed E-state index contributed by atoms with van der Waals surface area (Å²) in [5.74, 6) is 0. The SMILES string of the molecule is FC(F)(F)c1ccc2[n-]c3ccc(C(F)(F)F)cc3c2c1.[2H]C([2H])([2H])N1[CH-]N(c2[c-]c(N3[CH-]N(C([2H])([2H])[2H])c4ccccc43)cc(-c3c(C)cc(C)cc3C)c2)c2ccccc21.[2H]C([2H])([2H])N1[CH-]N(c2[c-]c(N3[CH-]N(C([2H])([2H])[2H])c4ccccc43)cc(-c3c(C)cc(C)cc3C)c2)c2ccccc21.[Pt+4].[Pt+4].c1ccc2c(c1)[n-]c1cnccc12. The zero-order valence-corrected chi connectivity index (χ0v) is 62.0. The maximum atomic E-state index is 12.7. The zero-order valence-electron chi connectivity index (χ0n) is 69.5. The first kappa shape index (κ1) is 59.7. The van der Waals surface area contributed by atoms with E-state index >= 15 is 0 Å². The van der Waals surface area contributed by atoms with Crippen LogP contribution in [0, 0.1) is 80.3 Å². The number of fused-ring (bicyclic) bond motifs is 10. The molecule has 19 heteroatoms. The van der Waals surface area contributed by atoms with Crippen molar-refractivity contribution in [3.05, 3.63) is 308 Å². The smallest absolute Gasteiger partial charge is 0.657 e. The number of hydrogen-bond acceptors (Lipinski definition) is 9. The number of alkyl halides is 6. The Bertz CT molecular complexity index is 5540. The summed E-state index contributed by atoms with van der Waals surface area (Å²) in [6.45, 7) is 9.27. The zero-order chi connectivity index (χ0) is 82.6. The summed E-state index contributed by atoms with van der Waals surface area (Å²) >= 11 is 0. The van der Waals surface area contributed by atoms with E-state index in [0.717, 1.165) is 126 Å².